The molecule has 0 bridgehead atoms. The summed E-state index contributed by atoms with van der Waals surface area (Å²) in [6.45, 7) is 3.93. The largest absolute Gasteiger partial charge is 0.481 e. The lowest BCUT2D eigenvalue weighted by Crippen LogP contribution is -2.30. The highest BCUT2D eigenvalue weighted by molar-refractivity contribution is 9.10. The van der Waals surface area contributed by atoms with Crippen LogP contribution in [-0.4, -0.2) is 24.2 Å². The Kier molecular flexibility index (Phi) is 4.35. The number of aliphatic carboxylic acids is 1. The molecule has 0 saturated heterocycles. The van der Waals surface area contributed by atoms with Gasteiger partial charge < -0.3 is 10.0 Å². The first-order valence-corrected chi connectivity index (χ1v) is 5.92. The van der Waals surface area contributed by atoms with E-state index in [1.54, 1.807) is 0 Å². The van der Waals surface area contributed by atoms with E-state index in [1.165, 1.54) is 5.56 Å². The number of benzene rings is 1. The van der Waals surface area contributed by atoms with Crippen LogP contribution in [0, 0.1) is 6.92 Å². The fourth-order valence-electron chi connectivity index (χ4n) is 1.45. The van der Waals surface area contributed by atoms with Crippen molar-refractivity contribution in [2.75, 3.05) is 11.9 Å². The molecule has 1 atom stereocenters. The van der Waals surface area contributed by atoms with Crippen LogP contribution >= 0.6 is 15.9 Å². The predicted molar refractivity (Wildman–Crippen MR) is 69.0 cm³/mol. The van der Waals surface area contributed by atoms with Gasteiger partial charge >= 0.3 is 5.97 Å². The van der Waals surface area contributed by atoms with Crippen LogP contribution in [-0.2, 0) is 4.79 Å². The van der Waals surface area contributed by atoms with E-state index in [0.29, 0.717) is 0 Å². The third-order valence-electron chi connectivity index (χ3n) is 2.69. The Morgan fingerprint density at radius 3 is 2.69 bits per heavy atom. The van der Waals surface area contributed by atoms with Crippen molar-refractivity contribution in [1.29, 1.82) is 0 Å². The zero-order valence-electron chi connectivity index (χ0n) is 9.70. The molecule has 1 rings (SSSR count). The van der Waals surface area contributed by atoms with Crippen molar-refractivity contribution in [3.8, 4) is 0 Å². The quantitative estimate of drug-likeness (QED) is 0.924. The molecule has 0 aliphatic carbocycles. The van der Waals surface area contributed by atoms with E-state index in [-0.39, 0.29) is 12.5 Å². The molecule has 0 fully saturated rings. The van der Waals surface area contributed by atoms with Gasteiger partial charge in [-0.05, 0) is 31.5 Å². The summed E-state index contributed by atoms with van der Waals surface area (Å²) < 4.78 is 1.04. The molecule has 0 saturated carbocycles. The molecule has 1 N–H and O–H groups in total. The molecule has 0 spiro atoms. The van der Waals surface area contributed by atoms with Gasteiger partial charge in [0.25, 0.3) is 0 Å². The van der Waals surface area contributed by atoms with Gasteiger partial charge in [0.05, 0.1) is 6.42 Å². The molecule has 1 aromatic carbocycles. The third-order valence-corrected chi connectivity index (χ3v) is 3.55. The van der Waals surface area contributed by atoms with Crippen molar-refractivity contribution >= 4 is 27.6 Å². The first kappa shape index (κ1) is 13.0. The summed E-state index contributed by atoms with van der Waals surface area (Å²) in [4.78, 5) is 12.6. The van der Waals surface area contributed by atoms with E-state index < -0.39 is 5.97 Å². The SMILES string of the molecule is Cc1ccc(N(C)C(C)CC(=O)O)cc1Br. The predicted octanol–water partition coefficient (Wildman–Crippen LogP) is 3.06. The van der Waals surface area contributed by atoms with Gasteiger partial charge in [-0.1, -0.05) is 22.0 Å². The fourth-order valence-corrected chi connectivity index (χ4v) is 1.81. The average Bonchev–Trinajstić information content (AvgIpc) is 2.20. The maximum Gasteiger partial charge on any atom is 0.305 e. The molecule has 3 nitrogen and oxygen atoms in total. The van der Waals surface area contributed by atoms with Crippen molar-refractivity contribution in [3.05, 3.63) is 28.2 Å². The summed E-state index contributed by atoms with van der Waals surface area (Å²) in [5.74, 6) is -0.773. The second-order valence-electron chi connectivity index (χ2n) is 3.99. The lowest BCUT2D eigenvalue weighted by Gasteiger charge is -2.26. The number of carboxylic acids is 1. The molecule has 0 amide bonds. The van der Waals surface area contributed by atoms with E-state index in [2.05, 4.69) is 15.9 Å². The molecule has 4 heteroatoms. The molecule has 16 heavy (non-hydrogen) atoms. The Bertz CT molecular complexity index is 393. The van der Waals surface area contributed by atoms with E-state index in [1.807, 2.05) is 44.0 Å². The second-order valence-corrected chi connectivity index (χ2v) is 4.85. The van der Waals surface area contributed by atoms with Gasteiger partial charge in [0.15, 0.2) is 0 Å². The number of carbonyl (C=O) groups is 1. The van der Waals surface area contributed by atoms with Crippen LogP contribution in [0.5, 0.6) is 0 Å². The first-order chi connectivity index (χ1) is 7.41. The van der Waals surface area contributed by atoms with Crippen LogP contribution in [0.2, 0.25) is 0 Å². The van der Waals surface area contributed by atoms with Crippen LogP contribution in [0.3, 0.4) is 0 Å². The van der Waals surface area contributed by atoms with Gasteiger partial charge in [-0.3, -0.25) is 4.79 Å². The number of hydrogen-bond acceptors (Lipinski definition) is 2. The molecule has 0 heterocycles. The van der Waals surface area contributed by atoms with E-state index in [9.17, 15) is 4.79 Å². The van der Waals surface area contributed by atoms with Crippen molar-refractivity contribution in [2.45, 2.75) is 26.3 Å². The number of aryl methyl sites for hydroxylation is 1. The van der Waals surface area contributed by atoms with Crippen molar-refractivity contribution in [3.63, 3.8) is 0 Å². The molecular formula is C12H16BrNO2. The minimum absolute atomic E-state index is 0.0212. The van der Waals surface area contributed by atoms with Crippen LogP contribution in [0.1, 0.15) is 18.9 Å². The van der Waals surface area contributed by atoms with E-state index in [0.717, 1.165) is 10.2 Å². The van der Waals surface area contributed by atoms with Crippen LogP contribution in [0.15, 0.2) is 22.7 Å². The van der Waals surface area contributed by atoms with Crippen LogP contribution in [0.4, 0.5) is 5.69 Å². The maximum atomic E-state index is 10.6. The molecule has 1 aromatic rings. The lowest BCUT2D eigenvalue weighted by molar-refractivity contribution is -0.137. The van der Waals surface area contributed by atoms with Crippen molar-refractivity contribution in [2.24, 2.45) is 0 Å². The molecule has 0 aromatic heterocycles. The zero-order chi connectivity index (χ0) is 12.3. The molecule has 0 aliphatic rings. The minimum atomic E-state index is -0.773. The Morgan fingerprint density at radius 2 is 2.19 bits per heavy atom. The molecular weight excluding hydrogens is 270 g/mol. The first-order valence-electron chi connectivity index (χ1n) is 5.12. The Balaban J connectivity index is 2.83. The van der Waals surface area contributed by atoms with Crippen LogP contribution < -0.4 is 4.90 Å². The Morgan fingerprint density at radius 1 is 1.56 bits per heavy atom. The van der Waals surface area contributed by atoms with Crippen molar-refractivity contribution in [1.82, 2.24) is 0 Å². The van der Waals surface area contributed by atoms with Gasteiger partial charge in [-0.25, -0.2) is 0 Å². The Hall–Kier alpha value is -1.03. The highest BCUT2D eigenvalue weighted by atomic mass is 79.9. The summed E-state index contributed by atoms with van der Waals surface area (Å²) in [5.41, 5.74) is 2.19. The van der Waals surface area contributed by atoms with Gasteiger partial charge in [0.1, 0.15) is 0 Å². The number of nitrogens with zero attached hydrogens (tertiary/aromatic N) is 1. The number of anilines is 1. The van der Waals surface area contributed by atoms with Gasteiger partial charge in [0, 0.05) is 23.2 Å². The number of carboxylic acid groups (broad SMARTS) is 1. The molecule has 88 valence electrons. The summed E-state index contributed by atoms with van der Waals surface area (Å²) >= 11 is 3.47. The van der Waals surface area contributed by atoms with Crippen LogP contribution in [0.25, 0.3) is 0 Å². The number of hydrogen-bond donors (Lipinski definition) is 1. The molecule has 0 aliphatic heterocycles. The summed E-state index contributed by atoms with van der Waals surface area (Å²) in [7, 11) is 1.91. The standard InChI is InChI=1S/C12H16BrNO2/c1-8-4-5-10(7-11(8)13)14(3)9(2)6-12(15)16/h4-5,7,9H,6H2,1-3H3,(H,15,16). The van der Waals surface area contributed by atoms with Gasteiger partial charge in [-0.2, -0.15) is 0 Å². The zero-order valence-corrected chi connectivity index (χ0v) is 11.3. The lowest BCUT2D eigenvalue weighted by atomic mass is 10.1. The number of halogens is 1. The highest BCUT2D eigenvalue weighted by Gasteiger charge is 2.14. The maximum absolute atomic E-state index is 10.6. The summed E-state index contributed by atoms with van der Waals surface area (Å²) in [5, 5.41) is 8.74. The second kappa shape index (κ2) is 5.34. The Labute approximate surface area is 104 Å². The normalized spacial score (nSPS) is 12.2. The van der Waals surface area contributed by atoms with E-state index >= 15 is 0 Å². The topological polar surface area (TPSA) is 40.5 Å². The molecule has 0 radical (unpaired) electrons. The minimum Gasteiger partial charge on any atom is -0.481 e. The summed E-state index contributed by atoms with van der Waals surface area (Å²) in [6.07, 6.45) is 0.141. The van der Waals surface area contributed by atoms with Crippen molar-refractivity contribution < 1.29 is 9.90 Å². The van der Waals surface area contributed by atoms with Gasteiger partial charge in [-0.15, -0.1) is 0 Å². The fraction of sp³-hybridized carbons (Fsp3) is 0.417. The molecule has 1 unspecified atom stereocenters. The smallest absolute Gasteiger partial charge is 0.305 e. The summed E-state index contributed by atoms with van der Waals surface area (Å²) in [6, 6.07) is 6.00. The number of rotatable bonds is 4. The highest BCUT2D eigenvalue weighted by Crippen LogP contribution is 2.24. The average molecular weight is 286 g/mol. The third kappa shape index (κ3) is 3.23. The van der Waals surface area contributed by atoms with E-state index in [4.69, 9.17) is 5.11 Å². The van der Waals surface area contributed by atoms with Gasteiger partial charge in [0.2, 0.25) is 0 Å². The monoisotopic (exact) mass is 285 g/mol.